The molecule has 14 heteroatoms. The van der Waals surface area contributed by atoms with Gasteiger partial charge in [0.1, 0.15) is 11.3 Å². The van der Waals surface area contributed by atoms with Crippen molar-refractivity contribution in [2.24, 2.45) is 0 Å². The highest BCUT2D eigenvalue weighted by molar-refractivity contribution is 5.88. The zero-order valence-corrected chi connectivity index (χ0v) is 28.0. The Bertz CT molecular complexity index is 1730. The van der Waals surface area contributed by atoms with E-state index >= 15 is 4.39 Å². The highest BCUT2D eigenvalue weighted by Crippen LogP contribution is 2.39. The second-order valence-electron chi connectivity index (χ2n) is 13.1. The first-order valence-corrected chi connectivity index (χ1v) is 17.2. The maximum Gasteiger partial charge on any atom is 0.335 e. The molecule has 2 atom stereocenters. The Balaban J connectivity index is 0.000000194. The molecule has 0 saturated carbocycles. The van der Waals surface area contributed by atoms with E-state index in [-0.39, 0.29) is 37.3 Å². The number of aromatic nitrogens is 6. The van der Waals surface area contributed by atoms with Gasteiger partial charge in [-0.05, 0) is 80.3 Å². The number of halogens is 1. The lowest BCUT2D eigenvalue weighted by molar-refractivity contribution is 0.0180. The van der Waals surface area contributed by atoms with Gasteiger partial charge in [0.25, 0.3) is 0 Å². The molecule has 6 rings (SSSR count). The molecule has 13 nitrogen and oxygen atoms in total. The van der Waals surface area contributed by atoms with Crippen LogP contribution < -0.4 is 0 Å². The first-order chi connectivity index (χ1) is 24.1. The summed E-state index contributed by atoms with van der Waals surface area (Å²) in [7, 11) is 0. The number of nitrogens with zero attached hydrogens (tertiary/aromatic N) is 6. The maximum atomic E-state index is 16.1. The number of carboxylic acid groups (broad SMARTS) is 2. The van der Waals surface area contributed by atoms with Gasteiger partial charge in [-0.15, -0.1) is 10.2 Å². The summed E-state index contributed by atoms with van der Waals surface area (Å²) in [6.07, 6.45) is 8.49. The number of carboxylic acids is 2. The molecule has 0 aliphatic heterocycles. The van der Waals surface area contributed by atoms with Gasteiger partial charge in [0, 0.05) is 12.8 Å². The summed E-state index contributed by atoms with van der Waals surface area (Å²) >= 11 is 0. The van der Waals surface area contributed by atoms with Gasteiger partial charge in [0.05, 0.1) is 54.5 Å². The number of hydrogen-bond donors (Lipinski definition) is 5. The summed E-state index contributed by atoms with van der Waals surface area (Å²) in [4.78, 5) is 22.0. The van der Waals surface area contributed by atoms with Crippen molar-refractivity contribution in [1.82, 2.24) is 30.0 Å². The van der Waals surface area contributed by atoms with Gasteiger partial charge in [-0.1, -0.05) is 54.0 Å². The van der Waals surface area contributed by atoms with Crippen molar-refractivity contribution in [2.75, 3.05) is 13.2 Å². The number of aliphatic hydroxyl groups is 3. The molecule has 2 aliphatic rings. The number of carbonyl (C=O) groups is 2. The van der Waals surface area contributed by atoms with Crippen LogP contribution in [0.2, 0.25) is 0 Å². The Morgan fingerprint density at radius 2 is 1.24 bits per heavy atom. The minimum absolute atomic E-state index is 0.0229. The van der Waals surface area contributed by atoms with Crippen LogP contribution in [0.3, 0.4) is 0 Å². The lowest BCUT2D eigenvalue weighted by atomic mass is 9.82. The summed E-state index contributed by atoms with van der Waals surface area (Å²) in [6.45, 7) is 0.432. The molecule has 2 unspecified atom stereocenters. The van der Waals surface area contributed by atoms with Crippen LogP contribution in [0.15, 0.2) is 48.5 Å². The zero-order chi connectivity index (χ0) is 35.7. The molecule has 2 aromatic heterocycles. The van der Waals surface area contributed by atoms with Crippen LogP contribution in [-0.2, 0) is 50.0 Å². The lowest BCUT2D eigenvalue weighted by Gasteiger charge is -2.29. The van der Waals surface area contributed by atoms with Crippen molar-refractivity contribution >= 4 is 11.9 Å². The Kier molecular flexibility index (Phi) is 12.1. The van der Waals surface area contributed by atoms with Crippen molar-refractivity contribution in [2.45, 2.75) is 101 Å². The van der Waals surface area contributed by atoms with Crippen molar-refractivity contribution in [3.63, 3.8) is 0 Å². The number of alkyl halides is 1. The van der Waals surface area contributed by atoms with Gasteiger partial charge in [0.15, 0.2) is 5.67 Å². The molecule has 2 heterocycles. The van der Waals surface area contributed by atoms with Gasteiger partial charge >= 0.3 is 11.9 Å². The van der Waals surface area contributed by atoms with Crippen molar-refractivity contribution in [1.29, 1.82) is 0 Å². The summed E-state index contributed by atoms with van der Waals surface area (Å²) in [5.74, 6) is -1.97. The zero-order valence-electron chi connectivity index (χ0n) is 28.0. The number of aryl methyl sites for hydroxylation is 1. The lowest BCUT2D eigenvalue weighted by Crippen LogP contribution is -2.32. The van der Waals surface area contributed by atoms with Crippen LogP contribution in [0.1, 0.15) is 106 Å². The Labute approximate surface area is 289 Å². The van der Waals surface area contributed by atoms with Gasteiger partial charge in [-0.3, -0.25) is 0 Å². The van der Waals surface area contributed by atoms with E-state index in [9.17, 15) is 24.9 Å². The van der Waals surface area contributed by atoms with Gasteiger partial charge in [-0.2, -0.15) is 0 Å². The second-order valence-corrected chi connectivity index (χ2v) is 13.1. The number of fused-ring (bicyclic) bond motifs is 2. The maximum absolute atomic E-state index is 16.1. The van der Waals surface area contributed by atoms with Gasteiger partial charge in [0.2, 0.25) is 0 Å². The van der Waals surface area contributed by atoms with Crippen LogP contribution in [0, 0.1) is 0 Å². The number of aromatic carboxylic acids is 2. The highest BCUT2D eigenvalue weighted by atomic mass is 19.1. The van der Waals surface area contributed by atoms with E-state index in [0.717, 1.165) is 61.8 Å². The highest BCUT2D eigenvalue weighted by Gasteiger charge is 2.40. The van der Waals surface area contributed by atoms with E-state index < -0.39 is 23.2 Å². The molecule has 0 fully saturated rings. The van der Waals surface area contributed by atoms with E-state index in [1.54, 1.807) is 41.1 Å². The number of benzene rings is 2. The first-order valence-electron chi connectivity index (χ1n) is 17.2. The predicted molar refractivity (Wildman–Crippen MR) is 179 cm³/mol. The van der Waals surface area contributed by atoms with E-state index in [0.29, 0.717) is 49.3 Å². The Hall–Kier alpha value is -4.53. The molecule has 0 amide bonds. The topological polar surface area (TPSA) is 197 Å². The SMILES string of the molecule is O=C(O)c1ccc(CC2(F)CCCCCc3nnn(CCO)c32)cc1.O=C(O)c1ccc(CC2(O)CCCCCc3c2nnn3CCO)cc1. The third-order valence-electron chi connectivity index (χ3n) is 9.50. The molecule has 2 aromatic carbocycles. The Morgan fingerprint density at radius 3 is 1.84 bits per heavy atom. The summed E-state index contributed by atoms with van der Waals surface area (Å²) in [6, 6.07) is 12.9. The molecule has 5 N–H and O–H groups in total. The minimum Gasteiger partial charge on any atom is -0.478 e. The molecule has 0 saturated heterocycles. The second kappa shape index (κ2) is 16.5. The quantitative estimate of drug-likeness (QED) is 0.161. The average molecular weight is 693 g/mol. The predicted octanol–water partition coefficient (Wildman–Crippen LogP) is 4.01. The monoisotopic (exact) mass is 692 g/mol. The van der Waals surface area contributed by atoms with Crippen LogP contribution in [0.4, 0.5) is 4.39 Å². The van der Waals surface area contributed by atoms with Gasteiger partial charge < -0.3 is 25.5 Å². The van der Waals surface area contributed by atoms with Crippen molar-refractivity contribution in [3.8, 4) is 0 Å². The first kappa shape index (κ1) is 36.7. The number of aliphatic hydroxyl groups excluding tert-OH is 2. The number of rotatable bonds is 10. The fraction of sp³-hybridized carbons (Fsp3) is 0.500. The van der Waals surface area contributed by atoms with Crippen LogP contribution in [-0.4, -0.2) is 80.7 Å². The van der Waals surface area contributed by atoms with Crippen LogP contribution in [0.5, 0.6) is 0 Å². The summed E-state index contributed by atoms with van der Waals surface area (Å²) < 4.78 is 19.2. The van der Waals surface area contributed by atoms with Crippen molar-refractivity contribution < 1.29 is 39.5 Å². The third-order valence-corrected chi connectivity index (χ3v) is 9.50. The molecular formula is C36H45FN6O7. The molecule has 0 spiro atoms. The normalized spacial score (nSPS) is 20.6. The third kappa shape index (κ3) is 8.60. The average Bonchev–Trinajstić information content (AvgIpc) is 3.68. The van der Waals surface area contributed by atoms with Gasteiger partial charge in [-0.25, -0.2) is 23.3 Å². The smallest absolute Gasteiger partial charge is 0.335 e. The molecule has 268 valence electrons. The molecule has 50 heavy (non-hydrogen) atoms. The molecule has 0 radical (unpaired) electrons. The van der Waals surface area contributed by atoms with E-state index in [1.165, 1.54) is 16.8 Å². The molecule has 4 aromatic rings. The van der Waals surface area contributed by atoms with E-state index in [4.69, 9.17) is 10.2 Å². The van der Waals surface area contributed by atoms with E-state index in [2.05, 4.69) is 20.6 Å². The fourth-order valence-corrected chi connectivity index (χ4v) is 7.01. The fourth-order valence-electron chi connectivity index (χ4n) is 7.01. The largest absolute Gasteiger partial charge is 0.478 e. The van der Waals surface area contributed by atoms with Crippen molar-refractivity contribution in [3.05, 3.63) is 93.6 Å². The summed E-state index contributed by atoms with van der Waals surface area (Å²) in [5, 5.41) is 64.3. The molecule has 2 aliphatic carbocycles. The Morgan fingerprint density at radius 1 is 0.700 bits per heavy atom. The minimum atomic E-state index is -1.63. The molecular weight excluding hydrogens is 647 g/mol. The van der Waals surface area contributed by atoms with E-state index in [1.807, 2.05) is 0 Å². The van der Waals surface area contributed by atoms with Crippen LogP contribution in [0.25, 0.3) is 0 Å². The number of hydrogen-bond acceptors (Lipinski definition) is 9. The summed E-state index contributed by atoms with van der Waals surface area (Å²) in [5.41, 5.74) is 1.84. The van der Waals surface area contributed by atoms with Crippen LogP contribution >= 0.6 is 0 Å². The standard InChI is InChI=1S/C18H22FN3O3.C18H23N3O4/c19-18(12-13-5-7-14(8-6-13)17(24)25)9-3-1-2-4-15-16(18)22(10-11-23)21-20-15;22-11-10-21-15-4-2-1-3-9-18(25,16(15)19-20-21)12-13-5-7-14(8-6-13)17(23)24/h5-8,23H,1-4,9-12H2,(H,24,25);5-8,22,25H,1-4,9-12H2,(H,23,24). The molecule has 0 bridgehead atoms.